The number of nitrogens with one attached hydrogen (secondary N) is 1. The second-order valence-corrected chi connectivity index (χ2v) is 7.15. The number of nitrogens with zero attached hydrogens (tertiary/aromatic N) is 4. The summed E-state index contributed by atoms with van der Waals surface area (Å²) in [5.74, 6) is 0.179. The first kappa shape index (κ1) is 19.6. The molecule has 3 heterocycles. The lowest BCUT2D eigenvalue weighted by Crippen LogP contribution is -2.26. The molecule has 0 saturated heterocycles. The van der Waals surface area contributed by atoms with Crippen LogP contribution in [0.15, 0.2) is 65.6 Å². The zero-order valence-corrected chi connectivity index (χ0v) is 17.0. The molecule has 0 aliphatic heterocycles. The molecular weight excluding hydrogens is 378 g/mol. The molecule has 7 nitrogen and oxygen atoms in total. The van der Waals surface area contributed by atoms with Crippen LogP contribution in [0.2, 0.25) is 0 Å². The maximum Gasteiger partial charge on any atom is 0.277 e. The SMILES string of the molecule is CCCCn1nc(C(=O)Nc2c(-c3ccccc3)nc3c(C)cccn23)ccc1=O. The molecule has 0 spiro atoms. The van der Waals surface area contributed by atoms with E-state index in [0.717, 1.165) is 29.6 Å². The minimum Gasteiger partial charge on any atom is -0.304 e. The van der Waals surface area contributed by atoms with Crippen molar-refractivity contribution in [2.45, 2.75) is 33.2 Å². The number of hydrogen-bond donors (Lipinski definition) is 1. The van der Waals surface area contributed by atoms with Crippen LogP contribution in [0.1, 0.15) is 35.8 Å². The zero-order chi connectivity index (χ0) is 21.1. The van der Waals surface area contributed by atoms with Crippen LogP contribution in [0.3, 0.4) is 0 Å². The molecule has 1 amide bonds. The van der Waals surface area contributed by atoms with E-state index < -0.39 is 0 Å². The molecule has 3 aromatic heterocycles. The van der Waals surface area contributed by atoms with E-state index in [1.54, 1.807) is 0 Å². The number of pyridine rings is 1. The number of amides is 1. The summed E-state index contributed by atoms with van der Waals surface area (Å²) in [6.45, 7) is 4.51. The van der Waals surface area contributed by atoms with E-state index in [4.69, 9.17) is 4.98 Å². The van der Waals surface area contributed by atoms with Crippen LogP contribution in [-0.4, -0.2) is 25.1 Å². The number of rotatable bonds is 6. The normalized spacial score (nSPS) is 11.0. The number of fused-ring (bicyclic) bond motifs is 1. The third kappa shape index (κ3) is 3.74. The highest BCUT2D eigenvalue weighted by molar-refractivity contribution is 6.04. The quantitative estimate of drug-likeness (QED) is 0.531. The van der Waals surface area contributed by atoms with Gasteiger partial charge in [-0.25, -0.2) is 9.67 Å². The number of aromatic nitrogens is 4. The molecule has 4 rings (SSSR count). The highest BCUT2D eigenvalue weighted by Gasteiger charge is 2.19. The predicted molar refractivity (Wildman–Crippen MR) is 117 cm³/mol. The van der Waals surface area contributed by atoms with E-state index in [9.17, 15) is 9.59 Å². The maximum absolute atomic E-state index is 13.0. The van der Waals surface area contributed by atoms with Crippen LogP contribution in [-0.2, 0) is 6.54 Å². The minimum atomic E-state index is -0.388. The van der Waals surface area contributed by atoms with E-state index in [1.807, 2.05) is 66.9 Å². The number of aryl methyl sites for hydroxylation is 2. The van der Waals surface area contributed by atoms with Crippen LogP contribution >= 0.6 is 0 Å². The Morgan fingerprint density at radius 2 is 1.87 bits per heavy atom. The average Bonchev–Trinajstić information content (AvgIpc) is 3.13. The number of hydrogen-bond acceptors (Lipinski definition) is 4. The van der Waals surface area contributed by atoms with E-state index in [-0.39, 0.29) is 17.2 Å². The van der Waals surface area contributed by atoms with Gasteiger partial charge in [-0.15, -0.1) is 0 Å². The number of carbonyl (C=O) groups is 1. The van der Waals surface area contributed by atoms with Crippen LogP contribution < -0.4 is 10.9 Å². The second kappa shape index (κ2) is 8.32. The van der Waals surface area contributed by atoms with Gasteiger partial charge in [0.15, 0.2) is 0 Å². The highest BCUT2D eigenvalue weighted by atomic mass is 16.2. The van der Waals surface area contributed by atoms with E-state index in [1.165, 1.54) is 16.8 Å². The minimum absolute atomic E-state index is 0.187. The number of anilines is 1. The molecule has 0 aliphatic carbocycles. The molecule has 0 fully saturated rings. The average molecular weight is 401 g/mol. The number of carbonyl (C=O) groups excluding carboxylic acids is 1. The van der Waals surface area contributed by atoms with Gasteiger partial charge in [0.25, 0.3) is 11.5 Å². The summed E-state index contributed by atoms with van der Waals surface area (Å²) in [6, 6.07) is 16.4. The summed E-state index contributed by atoms with van der Waals surface area (Å²) in [4.78, 5) is 29.8. The summed E-state index contributed by atoms with van der Waals surface area (Å²) in [6.07, 6.45) is 3.63. The highest BCUT2D eigenvalue weighted by Crippen LogP contribution is 2.30. The molecule has 0 radical (unpaired) electrons. The van der Waals surface area contributed by atoms with Gasteiger partial charge in [0.05, 0.1) is 0 Å². The summed E-state index contributed by atoms with van der Waals surface area (Å²) >= 11 is 0. The van der Waals surface area contributed by atoms with Crippen molar-refractivity contribution < 1.29 is 4.79 Å². The van der Waals surface area contributed by atoms with E-state index in [0.29, 0.717) is 18.1 Å². The molecule has 0 unspecified atom stereocenters. The molecule has 7 heteroatoms. The molecule has 152 valence electrons. The van der Waals surface area contributed by atoms with Crippen LogP contribution in [0.25, 0.3) is 16.9 Å². The third-order valence-corrected chi connectivity index (χ3v) is 4.95. The summed E-state index contributed by atoms with van der Waals surface area (Å²) in [7, 11) is 0. The Morgan fingerprint density at radius 1 is 1.07 bits per heavy atom. The Labute approximate surface area is 174 Å². The van der Waals surface area contributed by atoms with Gasteiger partial charge in [0.2, 0.25) is 0 Å². The third-order valence-electron chi connectivity index (χ3n) is 4.95. The van der Waals surface area contributed by atoms with Crippen molar-refractivity contribution in [2.75, 3.05) is 5.32 Å². The Balaban J connectivity index is 1.76. The summed E-state index contributed by atoms with van der Waals surface area (Å²) in [5, 5.41) is 7.21. The van der Waals surface area contributed by atoms with E-state index >= 15 is 0 Å². The molecular formula is C23H23N5O2. The molecule has 0 aliphatic rings. The molecule has 0 saturated carbocycles. The van der Waals surface area contributed by atoms with Crippen molar-refractivity contribution in [2.24, 2.45) is 0 Å². The fourth-order valence-corrected chi connectivity index (χ4v) is 3.33. The van der Waals surface area contributed by atoms with Crippen molar-refractivity contribution in [1.29, 1.82) is 0 Å². The number of benzene rings is 1. The summed E-state index contributed by atoms with van der Waals surface area (Å²) < 4.78 is 3.21. The number of unbranched alkanes of at least 4 members (excludes halogenated alkanes) is 1. The van der Waals surface area contributed by atoms with Gasteiger partial charge in [-0.05, 0) is 31.0 Å². The van der Waals surface area contributed by atoms with Gasteiger partial charge >= 0.3 is 0 Å². The molecule has 0 atom stereocenters. The van der Waals surface area contributed by atoms with Gasteiger partial charge in [-0.1, -0.05) is 49.7 Å². The fourth-order valence-electron chi connectivity index (χ4n) is 3.33. The van der Waals surface area contributed by atoms with Crippen molar-refractivity contribution in [3.05, 3.63) is 82.4 Å². The van der Waals surface area contributed by atoms with Gasteiger partial charge in [0, 0.05) is 24.4 Å². The van der Waals surface area contributed by atoms with Gasteiger partial charge in [0.1, 0.15) is 22.9 Å². The zero-order valence-electron chi connectivity index (χ0n) is 17.0. The van der Waals surface area contributed by atoms with Crippen molar-refractivity contribution in [1.82, 2.24) is 19.2 Å². The van der Waals surface area contributed by atoms with Gasteiger partial charge < -0.3 is 5.32 Å². The molecule has 30 heavy (non-hydrogen) atoms. The monoisotopic (exact) mass is 401 g/mol. The van der Waals surface area contributed by atoms with Gasteiger partial charge in [-0.2, -0.15) is 5.10 Å². The van der Waals surface area contributed by atoms with Crippen LogP contribution in [0, 0.1) is 6.92 Å². The lowest BCUT2D eigenvalue weighted by Gasteiger charge is -2.09. The smallest absolute Gasteiger partial charge is 0.277 e. The first-order chi connectivity index (χ1) is 14.6. The largest absolute Gasteiger partial charge is 0.304 e. The lowest BCUT2D eigenvalue weighted by atomic mass is 10.1. The maximum atomic E-state index is 13.0. The first-order valence-electron chi connectivity index (χ1n) is 10.0. The standard InChI is InChI=1S/C23H23N5O2/c1-3-4-15-28-19(29)13-12-18(26-28)23(30)25-22-20(17-10-6-5-7-11-17)24-21-16(2)9-8-14-27(21)22/h5-14H,3-4,15H2,1-2H3,(H,25,30). The Kier molecular flexibility index (Phi) is 5.43. The Hall–Kier alpha value is -3.74. The van der Waals surface area contributed by atoms with E-state index in [2.05, 4.69) is 10.4 Å². The first-order valence-corrected chi connectivity index (χ1v) is 10.0. The molecule has 1 N–H and O–H groups in total. The molecule has 1 aromatic carbocycles. The van der Waals surface area contributed by atoms with Crippen molar-refractivity contribution in [3.8, 4) is 11.3 Å². The fraction of sp³-hybridized carbons (Fsp3) is 0.217. The van der Waals surface area contributed by atoms with Crippen molar-refractivity contribution >= 4 is 17.4 Å². The van der Waals surface area contributed by atoms with Crippen LogP contribution in [0.5, 0.6) is 0 Å². The van der Waals surface area contributed by atoms with Gasteiger partial charge in [-0.3, -0.25) is 14.0 Å². The number of imidazole rings is 1. The molecule has 0 bridgehead atoms. The summed E-state index contributed by atoms with van der Waals surface area (Å²) in [5.41, 5.74) is 3.32. The van der Waals surface area contributed by atoms with Crippen molar-refractivity contribution in [3.63, 3.8) is 0 Å². The second-order valence-electron chi connectivity index (χ2n) is 7.15. The lowest BCUT2D eigenvalue weighted by molar-refractivity contribution is 0.101. The topological polar surface area (TPSA) is 81.3 Å². The Morgan fingerprint density at radius 3 is 2.63 bits per heavy atom. The molecule has 4 aromatic rings. The predicted octanol–water partition coefficient (Wildman–Crippen LogP) is 3.92. The van der Waals surface area contributed by atoms with Crippen LogP contribution in [0.4, 0.5) is 5.82 Å². The Bertz CT molecular complexity index is 1260.